The highest BCUT2D eigenvalue weighted by Crippen LogP contribution is 2.23. The van der Waals surface area contributed by atoms with Gasteiger partial charge in [0.2, 0.25) is 0 Å². The van der Waals surface area contributed by atoms with E-state index in [1.54, 1.807) is 0 Å². The van der Waals surface area contributed by atoms with Crippen LogP contribution in [0.2, 0.25) is 0 Å². The number of hydrogen-bond donors (Lipinski definition) is 0. The summed E-state index contributed by atoms with van der Waals surface area (Å²) in [5, 5.41) is 0. The number of hydrogen-bond acceptors (Lipinski definition) is 2. The molecule has 0 aliphatic carbocycles. The number of rotatable bonds is 1. The number of carbonyl (C=O) groups excluding carboxylic acids is 1. The third-order valence-electron chi connectivity index (χ3n) is 2.69. The normalized spacial score (nSPS) is 25.5. The van der Waals surface area contributed by atoms with E-state index in [0.29, 0.717) is 5.78 Å². The second-order valence-electron chi connectivity index (χ2n) is 3.67. The summed E-state index contributed by atoms with van der Waals surface area (Å²) in [6, 6.07) is 0. The van der Waals surface area contributed by atoms with Crippen LogP contribution in [0.1, 0.15) is 33.6 Å². The van der Waals surface area contributed by atoms with Gasteiger partial charge in [0, 0.05) is 6.42 Å². The molecule has 0 aromatic rings. The van der Waals surface area contributed by atoms with Crippen molar-refractivity contribution in [3.8, 4) is 0 Å². The first-order valence-corrected chi connectivity index (χ1v) is 4.37. The Morgan fingerprint density at radius 3 is 2.64 bits per heavy atom. The Balaban J connectivity index is 2.72. The van der Waals surface area contributed by atoms with Gasteiger partial charge in [0.15, 0.2) is 5.78 Å². The number of carbonyl (C=O) groups is 1. The SMILES string of the molecule is CCN1CCCC(=O)C1(C)C. The molecule has 1 aliphatic rings. The smallest absolute Gasteiger partial charge is 0.152 e. The molecule has 2 nitrogen and oxygen atoms in total. The van der Waals surface area contributed by atoms with Gasteiger partial charge >= 0.3 is 0 Å². The maximum atomic E-state index is 11.4. The topological polar surface area (TPSA) is 20.3 Å². The summed E-state index contributed by atoms with van der Waals surface area (Å²) >= 11 is 0. The molecule has 11 heavy (non-hydrogen) atoms. The maximum absolute atomic E-state index is 11.4. The van der Waals surface area contributed by atoms with E-state index in [1.807, 2.05) is 13.8 Å². The minimum Gasteiger partial charge on any atom is -0.298 e. The Kier molecular flexibility index (Phi) is 2.33. The van der Waals surface area contributed by atoms with Crippen molar-refractivity contribution in [1.29, 1.82) is 0 Å². The highest BCUT2D eigenvalue weighted by molar-refractivity contribution is 5.88. The number of likely N-dealkylation sites (N-methyl/N-ethyl adjacent to an activating group) is 1. The van der Waals surface area contributed by atoms with Gasteiger partial charge in [0.1, 0.15) is 0 Å². The molecule has 0 unspecified atom stereocenters. The van der Waals surface area contributed by atoms with Gasteiger partial charge in [-0.15, -0.1) is 0 Å². The van der Waals surface area contributed by atoms with Gasteiger partial charge in [-0.05, 0) is 33.4 Å². The van der Waals surface area contributed by atoms with Gasteiger partial charge in [0.25, 0.3) is 0 Å². The van der Waals surface area contributed by atoms with Crippen LogP contribution >= 0.6 is 0 Å². The van der Waals surface area contributed by atoms with Crippen molar-refractivity contribution in [3.05, 3.63) is 0 Å². The van der Waals surface area contributed by atoms with Crippen LogP contribution in [0.15, 0.2) is 0 Å². The van der Waals surface area contributed by atoms with Gasteiger partial charge in [0.05, 0.1) is 5.54 Å². The highest BCUT2D eigenvalue weighted by atomic mass is 16.1. The molecule has 0 bridgehead atoms. The second-order valence-corrected chi connectivity index (χ2v) is 3.67. The molecular formula is C9H17NO. The quantitative estimate of drug-likeness (QED) is 0.571. The van der Waals surface area contributed by atoms with Gasteiger partial charge in [-0.2, -0.15) is 0 Å². The third-order valence-corrected chi connectivity index (χ3v) is 2.69. The van der Waals surface area contributed by atoms with E-state index in [4.69, 9.17) is 0 Å². The molecular weight excluding hydrogens is 138 g/mol. The summed E-state index contributed by atoms with van der Waals surface area (Å²) in [6.07, 6.45) is 1.81. The van der Waals surface area contributed by atoms with Crippen molar-refractivity contribution in [2.75, 3.05) is 13.1 Å². The van der Waals surface area contributed by atoms with Gasteiger partial charge in [-0.25, -0.2) is 0 Å². The number of likely N-dealkylation sites (tertiary alicyclic amines) is 1. The van der Waals surface area contributed by atoms with Crippen LogP contribution in [0, 0.1) is 0 Å². The van der Waals surface area contributed by atoms with Crippen LogP contribution in [0.4, 0.5) is 0 Å². The molecule has 1 heterocycles. The lowest BCUT2D eigenvalue weighted by atomic mass is 9.89. The molecule has 2 heteroatoms. The summed E-state index contributed by atoms with van der Waals surface area (Å²) in [5.41, 5.74) is -0.201. The number of nitrogens with zero attached hydrogens (tertiary/aromatic N) is 1. The number of ketones is 1. The van der Waals surface area contributed by atoms with Gasteiger partial charge < -0.3 is 0 Å². The summed E-state index contributed by atoms with van der Waals surface area (Å²) in [6.45, 7) is 8.23. The van der Waals surface area contributed by atoms with Crippen LogP contribution in [0.25, 0.3) is 0 Å². The minimum atomic E-state index is -0.201. The fourth-order valence-electron chi connectivity index (χ4n) is 1.75. The summed E-state index contributed by atoms with van der Waals surface area (Å²) in [5.74, 6) is 0.394. The number of Topliss-reactive ketones (excluding diaryl/α,β-unsaturated/α-hetero) is 1. The molecule has 0 radical (unpaired) electrons. The predicted octanol–water partition coefficient (Wildman–Crippen LogP) is 1.45. The predicted molar refractivity (Wildman–Crippen MR) is 45.6 cm³/mol. The average molecular weight is 155 g/mol. The molecule has 0 aromatic heterocycles. The summed E-state index contributed by atoms with van der Waals surface area (Å²) < 4.78 is 0. The van der Waals surface area contributed by atoms with Crippen molar-refractivity contribution in [1.82, 2.24) is 4.90 Å². The Bertz CT molecular complexity index is 163. The molecule has 1 aliphatic heterocycles. The molecule has 1 fully saturated rings. The fourth-order valence-corrected chi connectivity index (χ4v) is 1.75. The summed E-state index contributed by atoms with van der Waals surface area (Å²) in [4.78, 5) is 13.7. The van der Waals surface area contributed by atoms with E-state index >= 15 is 0 Å². The lowest BCUT2D eigenvalue weighted by molar-refractivity contribution is -0.132. The Morgan fingerprint density at radius 2 is 2.18 bits per heavy atom. The van der Waals surface area contributed by atoms with Crippen LogP contribution < -0.4 is 0 Å². The molecule has 1 rings (SSSR count). The monoisotopic (exact) mass is 155 g/mol. The zero-order chi connectivity index (χ0) is 8.48. The first-order valence-electron chi connectivity index (χ1n) is 4.37. The lowest BCUT2D eigenvalue weighted by Crippen LogP contribution is -2.53. The van der Waals surface area contributed by atoms with E-state index in [2.05, 4.69) is 11.8 Å². The van der Waals surface area contributed by atoms with E-state index in [1.165, 1.54) is 0 Å². The Hall–Kier alpha value is -0.370. The first-order chi connectivity index (χ1) is 5.09. The van der Waals surface area contributed by atoms with E-state index in [9.17, 15) is 4.79 Å². The Morgan fingerprint density at radius 1 is 1.55 bits per heavy atom. The zero-order valence-electron chi connectivity index (χ0n) is 7.68. The molecule has 0 amide bonds. The first kappa shape index (κ1) is 8.72. The average Bonchev–Trinajstić information content (AvgIpc) is 1.95. The zero-order valence-corrected chi connectivity index (χ0v) is 7.68. The second kappa shape index (κ2) is 2.94. The van der Waals surface area contributed by atoms with Crippen molar-refractivity contribution >= 4 is 5.78 Å². The molecule has 0 aromatic carbocycles. The van der Waals surface area contributed by atoms with Crippen LogP contribution in [0.5, 0.6) is 0 Å². The van der Waals surface area contributed by atoms with Crippen molar-refractivity contribution in [3.63, 3.8) is 0 Å². The molecule has 0 N–H and O–H groups in total. The minimum absolute atomic E-state index is 0.201. The van der Waals surface area contributed by atoms with Crippen LogP contribution in [-0.2, 0) is 4.79 Å². The fraction of sp³-hybridized carbons (Fsp3) is 0.889. The third kappa shape index (κ3) is 1.45. The van der Waals surface area contributed by atoms with Gasteiger partial charge in [-0.1, -0.05) is 6.92 Å². The molecule has 0 spiro atoms. The van der Waals surface area contributed by atoms with Crippen molar-refractivity contribution in [2.45, 2.75) is 39.2 Å². The van der Waals surface area contributed by atoms with Crippen molar-refractivity contribution < 1.29 is 4.79 Å². The molecule has 64 valence electrons. The summed E-state index contributed by atoms with van der Waals surface area (Å²) in [7, 11) is 0. The maximum Gasteiger partial charge on any atom is 0.152 e. The van der Waals surface area contributed by atoms with Crippen LogP contribution in [0.3, 0.4) is 0 Å². The van der Waals surface area contributed by atoms with E-state index < -0.39 is 0 Å². The Labute approximate surface area is 68.6 Å². The van der Waals surface area contributed by atoms with Gasteiger partial charge in [-0.3, -0.25) is 9.69 Å². The van der Waals surface area contributed by atoms with Crippen molar-refractivity contribution in [2.24, 2.45) is 0 Å². The largest absolute Gasteiger partial charge is 0.298 e. The van der Waals surface area contributed by atoms with Crippen LogP contribution in [-0.4, -0.2) is 29.3 Å². The molecule has 1 saturated heterocycles. The number of piperidine rings is 1. The highest BCUT2D eigenvalue weighted by Gasteiger charge is 2.35. The van der Waals surface area contributed by atoms with E-state index in [0.717, 1.165) is 25.9 Å². The molecule has 0 atom stereocenters. The standard InChI is InChI=1S/C9H17NO/c1-4-10-7-5-6-8(11)9(10,2)3/h4-7H2,1-3H3. The molecule has 0 saturated carbocycles. The lowest BCUT2D eigenvalue weighted by Gasteiger charge is -2.40. The van der Waals surface area contributed by atoms with E-state index in [-0.39, 0.29) is 5.54 Å².